The molecule has 2 N–H and O–H groups in total. The van der Waals surface area contributed by atoms with E-state index in [-0.39, 0.29) is 12.4 Å². The van der Waals surface area contributed by atoms with Gasteiger partial charge in [-0.3, -0.25) is 4.90 Å². The summed E-state index contributed by atoms with van der Waals surface area (Å²) in [6, 6.07) is 8.91. The average Bonchev–Trinajstić information content (AvgIpc) is 2.84. The molecular weight excluding hydrogens is 307 g/mol. The highest BCUT2D eigenvalue weighted by atomic mass is 35.5. The van der Waals surface area contributed by atoms with Crippen molar-refractivity contribution in [2.45, 2.75) is 13.1 Å². The smallest absolute Gasteiger partial charge is 0.128 e. The Balaban J connectivity index is 2.02. The fourth-order valence-electron chi connectivity index (χ4n) is 1.96. The Hall–Kier alpha value is -1.38. The molecule has 2 aromatic rings. The zero-order valence-electron chi connectivity index (χ0n) is 11.7. The standard InChI is InChI=1S/C16H16ClFN2S/c1-20(11-14-6-7-16(17)21-14)10-13-5-4-12(3-2-8-19)9-15(13)18/h4-7,9H,8,10-11,19H2,1H3. The van der Waals surface area contributed by atoms with Crippen molar-refractivity contribution in [1.29, 1.82) is 0 Å². The van der Waals surface area contributed by atoms with Crippen LogP contribution in [0.4, 0.5) is 4.39 Å². The maximum atomic E-state index is 14.0. The molecule has 0 atom stereocenters. The largest absolute Gasteiger partial charge is 0.320 e. The Labute approximate surface area is 133 Å². The van der Waals surface area contributed by atoms with E-state index >= 15 is 0 Å². The second-order valence-corrected chi connectivity index (χ2v) is 6.49. The monoisotopic (exact) mass is 322 g/mol. The van der Waals surface area contributed by atoms with Crippen molar-refractivity contribution in [2.24, 2.45) is 5.73 Å². The molecule has 0 saturated heterocycles. The lowest BCUT2D eigenvalue weighted by molar-refractivity contribution is 0.316. The lowest BCUT2D eigenvalue weighted by atomic mass is 10.1. The fourth-order valence-corrected chi connectivity index (χ4v) is 3.12. The van der Waals surface area contributed by atoms with Gasteiger partial charge in [-0.25, -0.2) is 4.39 Å². The average molecular weight is 323 g/mol. The topological polar surface area (TPSA) is 29.3 Å². The van der Waals surface area contributed by atoms with Crippen molar-refractivity contribution in [1.82, 2.24) is 4.90 Å². The quantitative estimate of drug-likeness (QED) is 0.873. The number of halogens is 2. The molecule has 2 nitrogen and oxygen atoms in total. The molecule has 0 spiro atoms. The van der Waals surface area contributed by atoms with Crippen molar-refractivity contribution in [3.05, 3.63) is 56.5 Å². The van der Waals surface area contributed by atoms with Crippen LogP contribution in [0.2, 0.25) is 4.34 Å². The highest BCUT2D eigenvalue weighted by molar-refractivity contribution is 7.16. The van der Waals surface area contributed by atoms with Gasteiger partial charge in [0.05, 0.1) is 10.9 Å². The summed E-state index contributed by atoms with van der Waals surface area (Å²) >= 11 is 7.45. The highest BCUT2D eigenvalue weighted by Gasteiger charge is 2.08. The Morgan fingerprint density at radius 2 is 2.10 bits per heavy atom. The number of thiophene rings is 1. The third kappa shape index (κ3) is 4.83. The highest BCUT2D eigenvalue weighted by Crippen LogP contribution is 2.23. The molecule has 0 fully saturated rings. The van der Waals surface area contributed by atoms with Gasteiger partial charge in [-0.2, -0.15) is 0 Å². The second-order valence-electron chi connectivity index (χ2n) is 4.69. The molecule has 1 heterocycles. The Morgan fingerprint density at radius 1 is 1.29 bits per heavy atom. The lowest BCUT2D eigenvalue weighted by Crippen LogP contribution is -2.17. The van der Waals surface area contributed by atoms with Gasteiger partial charge in [0.2, 0.25) is 0 Å². The van der Waals surface area contributed by atoms with Gasteiger partial charge < -0.3 is 5.73 Å². The molecule has 0 bridgehead atoms. The summed E-state index contributed by atoms with van der Waals surface area (Å²) in [5.41, 5.74) is 6.60. The molecule has 0 saturated carbocycles. The predicted molar refractivity (Wildman–Crippen MR) is 86.8 cm³/mol. The number of nitrogens with zero attached hydrogens (tertiary/aromatic N) is 1. The van der Waals surface area contributed by atoms with E-state index in [0.29, 0.717) is 17.7 Å². The van der Waals surface area contributed by atoms with Crippen molar-refractivity contribution in [2.75, 3.05) is 13.6 Å². The molecular formula is C16H16ClFN2S. The van der Waals surface area contributed by atoms with E-state index in [4.69, 9.17) is 17.3 Å². The minimum Gasteiger partial charge on any atom is -0.320 e. The number of benzene rings is 1. The van der Waals surface area contributed by atoms with E-state index in [1.165, 1.54) is 6.07 Å². The first-order chi connectivity index (χ1) is 10.1. The van der Waals surface area contributed by atoms with Crippen molar-refractivity contribution in [3.8, 4) is 11.8 Å². The number of nitrogens with two attached hydrogens (primary N) is 1. The Bertz CT molecular complexity index is 672. The maximum Gasteiger partial charge on any atom is 0.128 e. The summed E-state index contributed by atoms with van der Waals surface area (Å²) in [7, 11) is 1.95. The Morgan fingerprint density at radius 3 is 2.71 bits per heavy atom. The fraction of sp³-hybridized carbons (Fsp3) is 0.250. The van der Waals surface area contributed by atoms with Crippen LogP contribution in [0.5, 0.6) is 0 Å². The third-order valence-corrected chi connectivity index (χ3v) is 4.10. The molecule has 0 radical (unpaired) electrons. The summed E-state index contributed by atoms with van der Waals surface area (Å²) in [4.78, 5) is 3.21. The number of hydrogen-bond acceptors (Lipinski definition) is 3. The van der Waals surface area contributed by atoms with E-state index < -0.39 is 0 Å². The first-order valence-electron chi connectivity index (χ1n) is 6.48. The second kappa shape index (κ2) is 7.58. The molecule has 1 aromatic heterocycles. The van der Waals surface area contributed by atoms with Crippen molar-refractivity contribution in [3.63, 3.8) is 0 Å². The van der Waals surface area contributed by atoms with Crippen LogP contribution in [-0.2, 0) is 13.1 Å². The molecule has 2 rings (SSSR count). The van der Waals surface area contributed by atoms with Crippen molar-refractivity contribution >= 4 is 22.9 Å². The van der Waals surface area contributed by atoms with E-state index in [0.717, 1.165) is 15.8 Å². The zero-order valence-corrected chi connectivity index (χ0v) is 13.3. The maximum absolute atomic E-state index is 14.0. The van der Waals surface area contributed by atoms with Crippen LogP contribution in [-0.4, -0.2) is 18.5 Å². The van der Waals surface area contributed by atoms with Crippen LogP contribution in [0.3, 0.4) is 0 Å². The minimum atomic E-state index is -0.241. The van der Waals surface area contributed by atoms with Crippen molar-refractivity contribution < 1.29 is 4.39 Å². The first-order valence-corrected chi connectivity index (χ1v) is 7.68. The SMILES string of the molecule is CN(Cc1ccc(Cl)s1)Cc1ccc(C#CCN)cc1F. The van der Waals surface area contributed by atoms with Crippen LogP contribution in [0.15, 0.2) is 30.3 Å². The van der Waals surface area contributed by atoms with E-state index in [1.54, 1.807) is 17.4 Å². The van der Waals surface area contributed by atoms with E-state index in [2.05, 4.69) is 11.8 Å². The number of rotatable bonds is 4. The van der Waals surface area contributed by atoms with Gasteiger partial charge in [0.1, 0.15) is 5.82 Å². The van der Waals surface area contributed by atoms with Gasteiger partial charge in [0, 0.05) is 29.1 Å². The number of hydrogen-bond donors (Lipinski definition) is 1. The van der Waals surface area contributed by atoms with Gasteiger partial charge in [-0.05, 0) is 31.3 Å². The summed E-state index contributed by atoms with van der Waals surface area (Å²) < 4.78 is 14.8. The normalized spacial score (nSPS) is 10.5. The summed E-state index contributed by atoms with van der Waals surface area (Å²) in [6.07, 6.45) is 0. The van der Waals surface area contributed by atoms with Crippen LogP contribution in [0.25, 0.3) is 0 Å². The van der Waals surface area contributed by atoms with Crippen LogP contribution in [0, 0.1) is 17.7 Å². The zero-order chi connectivity index (χ0) is 15.2. The lowest BCUT2D eigenvalue weighted by Gasteiger charge is -2.16. The van der Waals surface area contributed by atoms with E-state index in [9.17, 15) is 4.39 Å². The molecule has 110 valence electrons. The van der Waals surface area contributed by atoms with Gasteiger partial charge in [-0.15, -0.1) is 11.3 Å². The van der Waals surface area contributed by atoms with Gasteiger partial charge in [-0.1, -0.05) is 29.5 Å². The predicted octanol–water partition coefficient (Wildman–Crippen LogP) is 3.48. The van der Waals surface area contributed by atoms with Crippen LogP contribution in [0.1, 0.15) is 16.0 Å². The van der Waals surface area contributed by atoms with Gasteiger partial charge >= 0.3 is 0 Å². The molecule has 5 heteroatoms. The summed E-state index contributed by atoms with van der Waals surface area (Å²) in [5, 5.41) is 0. The van der Waals surface area contributed by atoms with E-state index in [1.807, 2.05) is 30.1 Å². The Kier molecular flexibility index (Phi) is 5.77. The summed E-state index contributed by atoms with van der Waals surface area (Å²) in [5.74, 6) is 5.30. The third-order valence-electron chi connectivity index (χ3n) is 2.88. The van der Waals surface area contributed by atoms with Crippen LogP contribution >= 0.6 is 22.9 Å². The molecule has 0 aliphatic rings. The van der Waals surface area contributed by atoms with Crippen LogP contribution < -0.4 is 5.73 Å². The minimum absolute atomic E-state index is 0.241. The summed E-state index contributed by atoms with van der Waals surface area (Å²) in [6.45, 7) is 1.55. The molecule has 0 aliphatic heterocycles. The molecule has 0 amide bonds. The van der Waals surface area contributed by atoms with Gasteiger partial charge in [0.15, 0.2) is 0 Å². The molecule has 1 aromatic carbocycles. The molecule has 0 aliphatic carbocycles. The van der Waals surface area contributed by atoms with Gasteiger partial charge in [0.25, 0.3) is 0 Å². The first kappa shape index (κ1) is 16.0. The molecule has 21 heavy (non-hydrogen) atoms. The molecule has 0 unspecified atom stereocenters.